The molecule has 11 heteroatoms. The van der Waals surface area contributed by atoms with Gasteiger partial charge in [0.2, 0.25) is 0 Å². The lowest BCUT2D eigenvalue weighted by Gasteiger charge is -2.25. The van der Waals surface area contributed by atoms with Crippen molar-refractivity contribution in [1.82, 2.24) is 9.47 Å². The molecule has 3 heterocycles. The van der Waals surface area contributed by atoms with Gasteiger partial charge in [-0.25, -0.2) is 9.79 Å². The molecule has 0 unspecified atom stereocenters. The molecule has 0 radical (unpaired) electrons. The van der Waals surface area contributed by atoms with Crippen molar-refractivity contribution in [1.29, 1.82) is 0 Å². The summed E-state index contributed by atoms with van der Waals surface area (Å²) in [6.07, 6.45) is 3.43. The highest BCUT2D eigenvalue weighted by atomic mass is 35.5. The predicted octanol–water partition coefficient (Wildman–Crippen LogP) is 3.85. The van der Waals surface area contributed by atoms with E-state index in [0.29, 0.717) is 48.3 Å². The van der Waals surface area contributed by atoms with Crippen molar-refractivity contribution in [3.8, 4) is 11.5 Å². The fourth-order valence-corrected chi connectivity index (χ4v) is 6.24. The van der Waals surface area contributed by atoms with E-state index in [1.165, 1.54) is 23.0 Å². The highest BCUT2D eigenvalue weighted by molar-refractivity contribution is 7.07. The van der Waals surface area contributed by atoms with E-state index in [4.69, 9.17) is 25.8 Å². The van der Waals surface area contributed by atoms with Crippen LogP contribution in [0.1, 0.15) is 50.8 Å². The molecule has 0 bridgehead atoms. The molecular formula is C31H32ClN3O6S. The van der Waals surface area contributed by atoms with Crippen LogP contribution in [0.25, 0.3) is 6.08 Å². The Balaban J connectivity index is 1.51. The molecule has 9 nitrogen and oxygen atoms in total. The Labute approximate surface area is 252 Å². The number of likely N-dealkylation sites (tertiary alicyclic amines) is 1. The summed E-state index contributed by atoms with van der Waals surface area (Å²) in [4.78, 5) is 46.4. The molecule has 220 valence electrons. The van der Waals surface area contributed by atoms with E-state index in [0.717, 1.165) is 25.9 Å². The smallest absolute Gasteiger partial charge is 0.338 e. The van der Waals surface area contributed by atoms with Gasteiger partial charge >= 0.3 is 5.97 Å². The Hall–Kier alpha value is -3.89. The highest BCUT2D eigenvalue weighted by Crippen LogP contribution is 2.32. The maximum Gasteiger partial charge on any atom is 0.338 e. The van der Waals surface area contributed by atoms with Gasteiger partial charge < -0.3 is 19.1 Å². The number of fused-ring (bicyclic) bond motifs is 1. The largest absolute Gasteiger partial charge is 0.493 e. The highest BCUT2D eigenvalue weighted by Gasteiger charge is 2.33. The van der Waals surface area contributed by atoms with Crippen LogP contribution in [0.4, 0.5) is 0 Å². The number of amides is 1. The number of methoxy groups -OCH3 is 1. The summed E-state index contributed by atoms with van der Waals surface area (Å²) in [7, 11) is 1.52. The minimum Gasteiger partial charge on any atom is -0.493 e. The Bertz CT molecular complexity index is 1720. The fraction of sp³-hybridized carbons (Fsp3) is 0.355. The molecular weight excluding hydrogens is 578 g/mol. The van der Waals surface area contributed by atoms with E-state index < -0.39 is 12.0 Å². The lowest BCUT2D eigenvalue weighted by Crippen LogP contribution is -2.40. The third-order valence-electron chi connectivity index (χ3n) is 7.07. The molecule has 3 aromatic rings. The second kappa shape index (κ2) is 12.5. The summed E-state index contributed by atoms with van der Waals surface area (Å²) in [6, 6.07) is 11.6. The molecule has 1 fully saturated rings. The first-order valence-electron chi connectivity index (χ1n) is 13.7. The van der Waals surface area contributed by atoms with Gasteiger partial charge in [0.1, 0.15) is 0 Å². The van der Waals surface area contributed by atoms with Gasteiger partial charge in [0, 0.05) is 18.1 Å². The molecule has 42 heavy (non-hydrogen) atoms. The van der Waals surface area contributed by atoms with Gasteiger partial charge in [-0.1, -0.05) is 41.1 Å². The molecule has 0 spiro atoms. The summed E-state index contributed by atoms with van der Waals surface area (Å²) in [6.45, 7) is 6.74. The van der Waals surface area contributed by atoms with Gasteiger partial charge in [0.15, 0.2) is 22.9 Å². The lowest BCUT2D eigenvalue weighted by molar-refractivity contribution is -0.143. The monoisotopic (exact) mass is 609 g/mol. The number of nitrogens with zero attached hydrogens (tertiary/aromatic N) is 3. The van der Waals surface area contributed by atoms with E-state index in [1.807, 2.05) is 0 Å². The maximum absolute atomic E-state index is 13.9. The van der Waals surface area contributed by atoms with Crippen molar-refractivity contribution in [2.75, 3.05) is 26.8 Å². The molecule has 5 rings (SSSR count). The van der Waals surface area contributed by atoms with Crippen LogP contribution < -0.4 is 24.4 Å². The minimum absolute atomic E-state index is 0.0538. The Morgan fingerprint density at radius 3 is 2.50 bits per heavy atom. The number of rotatable bonds is 8. The molecule has 1 amide bonds. The quantitative estimate of drug-likeness (QED) is 0.360. The third kappa shape index (κ3) is 6.15. The standard InChI is InChI=1S/C31H32ClN3O6S/c1-18(2)41-30(38)27-19(3)33-31-35(28(27)21-8-10-22(32)11-9-21)29(37)25(42-31)16-20-7-12-23(24(15-20)39-4)40-17-26(36)34-13-5-6-14-34/h7-12,15-16,18,28H,5-6,13-14,17H2,1-4H3/b25-16+/t28-/m0/s1. The molecule has 2 aromatic carbocycles. The number of hydrogen-bond acceptors (Lipinski definition) is 8. The van der Waals surface area contributed by atoms with Crippen LogP contribution in [0.15, 0.2) is 63.5 Å². The topological polar surface area (TPSA) is 99.4 Å². The van der Waals surface area contributed by atoms with Crippen molar-refractivity contribution in [3.05, 3.63) is 89.6 Å². The number of allylic oxidation sites excluding steroid dienone is 1. The predicted molar refractivity (Wildman–Crippen MR) is 161 cm³/mol. The summed E-state index contributed by atoms with van der Waals surface area (Å²) in [5, 5.41) is 0.542. The van der Waals surface area contributed by atoms with Crippen molar-refractivity contribution >= 4 is 40.9 Å². The number of carbonyl (C=O) groups excluding carboxylic acids is 2. The number of thiazole rings is 1. The second-order valence-corrected chi connectivity index (χ2v) is 11.8. The number of ether oxygens (including phenoxy) is 3. The van der Waals surface area contributed by atoms with Gasteiger partial charge in [-0.3, -0.25) is 14.2 Å². The van der Waals surface area contributed by atoms with Crippen LogP contribution in [0.5, 0.6) is 11.5 Å². The molecule has 2 aliphatic heterocycles. The number of aromatic nitrogens is 1. The molecule has 0 aliphatic carbocycles. The van der Waals surface area contributed by atoms with Crippen molar-refractivity contribution in [3.63, 3.8) is 0 Å². The van der Waals surface area contributed by atoms with Gasteiger partial charge in [0.05, 0.1) is 35.1 Å². The zero-order chi connectivity index (χ0) is 30.0. The van der Waals surface area contributed by atoms with Crippen LogP contribution in [-0.2, 0) is 14.3 Å². The van der Waals surface area contributed by atoms with Crippen molar-refractivity contribution in [2.24, 2.45) is 4.99 Å². The maximum atomic E-state index is 13.9. The average molecular weight is 610 g/mol. The van der Waals surface area contributed by atoms with Crippen molar-refractivity contribution < 1.29 is 23.8 Å². The Morgan fingerprint density at radius 1 is 1.12 bits per heavy atom. The first-order valence-corrected chi connectivity index (χ1v) is 14.9. The third-order valence-corrected chi connectivity index (χ3v) is 8.30. The molecule has 1 atom stereocenters. The minimum atomic E-state index is -0.731. The number of esters is 1. The summed E-state index contributed by atoms with van der Waals surface area (Å²) < 4.78 is 18.8. The van der Waals surface area contributed by atoms with Gasteiger partial charge in [-0.2, -0.15) is 0 Å². The zero-order valence-corrected chi connectivity index (χ0v) is 25.5. The van der Waals surface area contributed by atoms with Crippen LogP contribution in [0, 0.1) is 0 Å². The average Bonchev–Trinajstić information content (AvgIpc) is 3.60. The molecule has 1 aromatic heterocycles. The van der Waals surface area contributed by atoms with Crippen LogP contribution in [-0.4, -0.2) is 54.3 Å². The number of hydrogen-bond donors (Lipinski definition) is 0. The SMILES string of the molecule is COc1cc(/C=c2/sc3n(c2=O)[C@@H](c2ccc(Cl)cc2)C(C(=O)OC(C)C)=C(C)N=3)ccc1OCC(=O)N1CCCC1. The fourth-order valence-electron chi connectivity index (χ4n) is 5.06. The van der Waals surface area contributed by atoms with E-state index in [1.54, 1.807) is 74.2 Å². The van der Waals surface area contributed by atoms with Gasteiger partial charge in [-0.15, -0.1) is 0 Å². The van der Waals surface area contributed by atoms with E-state index in [-0.39, 0.29) is 24.2 Å². The zero-order valence-electron chi connectivity index (χ0n) is 23.9. The van der Waals surface area contributed by atoms with E-state index >= 15 is 0 Å². The van der Waals surface area contributed by atoms with Gasteiger partial charge in [0.25, 0.3) is 11.5 Å². The van der Waals surface area contributed by atoms with Gasteiger partial charge in [-0.05, 0) is 75.1 Å². The Kier molecular flexibility index (Phi) is 8.84. The normalized spacial score (nSPS) is 16.9. The first kappa shape index (κ1) is 29.6. The summed E-state index contributed by atoms with van der Waals surface area (Å²) in [5.74, 6) is 0.306. The van der Waals surface area contributed by atoms with E-state index in [9.17, 15) is 14.4 Å². The van der Waals surface area contributed by atoms with Crippen LogP contribution >= 0.6 is 22.9 Å². The molecule has 0 N–H and O–H groups in total. The molecule has 0 saturated carbocycles. The van der Waals surface area contributed by atoms with Crippen molar-refractivity contribution in [2.45, 2.75) is 45.8 Å². The lowest BCUT2D eigenvalue weighted by atomic mass is 9.96. The second-order valence-electron chi connectivity index (χ2n) is 10.4. The van der Waals surface area contributed by atoms with Crippen LogP contribution in [0.2, 0.25) is 5.02 Å². The molecule has 1 saturated heterocycles. The summed E-state index contributed by atoms with van der Waals surface area (Å²) in [5.41, 5.74) is 1.91. The van der Waals surface area contributed by atoms with Crippen LogP contribution in [0.3, 0.4) is 0 Å². The number of halogens is 1. The summed E-state index contributed by atoms with van der Waals surface area (Å²) >= 11 is 7.37. The molecule has 2 aliphatic rings. The first-order chi connectivity index (χ1) is 20.2. The number of carbonyl (C=O) groups is 2. The Morgan fingerprint density at radius 2 is 1.83 bits per heavy atom. The number of benzene rings is 2. The van der Waals surface area contributed by atoms with E-state index in [2.05, 4.69) is 4.99 Å².